The molecule has 3 aliphatic rings. The van der Waals surface area contributed by atoms with Crippen LogP contribution in [-0.2, 0) is 0 Å². The van der Waals surface area contributed by atoms with Gasteiger partial charge in [0, 0.05) is 37.7 Å². The predicted molar refractivity (Wildman–Crippen MR) is 86.6 cm³/mol. The molecular weight excluding hydrogens is 278 g/mol. The van der Waals surface area contributed by atoms with E-state index in [1.165, 1.54) is 32.2 Å². The molecular formula is C17H31N3O2. The number of hydrogen-bond acceptors (Lipinski definition) is 3. The van der Waals surface area contributed by atoms with Crippen LogP contribution in [0.25, 0.3) is 0 Å². The van der Waals surface area contributed by atoms with Crippen molar-refractivity contribution in [3.05, 3.63) is 0 Å². The van der Waals surface area contributed by atoms with Crippen molar-refractivity contribution in [1.82, 2.24) is 15.5 Å². The number of amides is 2. The molecule has 3 rings (SSSR count). The highest BCUT2D eigenvalue weighted by molar-refractivity contribution is 5.74. The minimum Gasteiger partial charge on any atom is -0.396 e. The lowest BCUT2D eigenvalue weighted by atomic mass is 9.85. The Hall–Kier alpha value is -0.810. The number of fused-ring (bicyclic) bond motifs is 2. The lowest BCUT2D eigenvalue weighted by Crippen LogP contribution is -2.53. The molecule has 126 valence electrons. The monoisotopic (exact) mass is 309 g/mol. The number of aliphatic hydroxyl groups is 1. The molecule has 5 nitrogen and oxygen atoms in total. The van der Waals surface area contributed by atoms with Crippen molar-refractivity contribution >= 4 is 6.03 Å². The van der Waals surface area contributed by atoms with Gasteiger partial charge >= 0.3 is 6.03 Å². The molecule has 0 aromatic rings. The van der Waals surface area contributed by atoms with E-state index in [1.54, 1.807) is 0 Å². The molecule has 2 bridgehead atoms. The zero-order valence-corrected chi connectivity index (χ0v) is 13.8. The maximum absolute atomic E-state index is 12.3. The molecule has 2 amide bonds. The minimum absolute atomic E-state index is 0.0232. The molecule has 0 radical (unpaired) electrons. The van der Waals surface area contributed by atoms with Crippen molar-refractivity contribution in [3.63, 3.8) is 0 Å². The molecule has 0 aromatic carbocycles. The van der Waals surface area contributed by atoms with Crippen LogP contribution in [0.2, 0.25) is 0 Å². The number of rotatable bonds is 5. The quantitative estimate of drug-likeness (QED) is 0.722. The van der Waals surface area contributed by atoms with Crippen LogP contribution in [0.5, 0.6) is 0 Å². The van der Waals surface area contributed by atoms with Gasteiger partial charge in [-0.15, -0.1) is 0 Å². The van der Waals surface area contributed by atoms with Crippen LogP contribution < -0.4 is 10.6 Å². The van der Waals surface area contributed by atoms with Gasteiger partial charge < -0.3 is 20.6 Å². The smallest absolute Gasteiger partial charge is 0.315 e. The second-order valence-electron chi connectivity index (χ2n) is 7.44. The summed E-state index contributed by atoms with van der Waals surface area (Å²) in [5.41, 5.74) is 0. The number of hydrogen-bond donors (Lipinski definition) is 3. The molecule has 1 aliphatic heterocycles. The molecule has 4 unspecified atom stereocenters. The highest BCUT2D eigenvalue weighted by atomic mass is 16.3. The summed E-state index contributed by atoms with van der Waals surface area (Å²) in [6.07, 6.45) is 6.92. The number of piperidine rings is 1. The summed E-state index contributed by atoms with van der Waals surface area (Å²) in [6.45, 7) is 5.77. The number of aliphatic hydroxyl groups excluding tert-OH is 1. The van der Waals surface area contributed by atoms with E-state index in [2.05, 4.69) is 22.5 Å². The van der Waals surface area contributed by atoms with Gasteiger partial charge in [-0.2, -0.15) is 0 Å². The van der Waals surface area contributed by atoms with Crippen molar-refractivity contribution in [2.45, 2.75) is 57.5 Å². The fraction of sp³-hybridized carbons (Fsp3) is 0.941. The van der Waals surface area contributed by atoms with Crippen molar-refractivity contribution in [1.29, 1.82) is 0 Å². The Morgan fingerprint density at radius 2 is 1.86 bits per heavy atom. The summed E-state index contributed by atoms with van der Waals surface area (Å²) < 4.78 is 0. The van der Waals surface area contributed by atoms with Crippen LogP contribution in [0.15, 0.2) is 0 Å². The van der Waals surface area contributed by atoms with Gasteiger partial charge in [-0.25, -0.2) is 4.79 Å². The Kier molecular flexibility index (Phi) is 5.24. The third-order valence-electron chi connectivity index (χ3n) is 6.06. The van der Waals surface area contributed by atoms with E-state index in [-0.39, 0.29) is 24.6 Å². The van der Waals surface area contributed by atoms with Gasteiger partial charge in [0.15, 0.2) is 0 Å². The largest absolute Gasteiger partial charge is 0.396 e. The number of urea groups is 1. The molecule has 1 saturated heterocycles. The van der Waals surface area contributed by atoms with Gasteiger partial charge in [-0.05, 0) is 56.9 Å². The van der Waals surface area contributed by atoms with Gasteiger partial charge in [0.2, 0.25) is 0 Å². The third kappa shape index (κ3) is 3.40. The number of carbonyl (C=O) groups is 1. The average molecular weight is 309 g/mol. The van der Waals surface area contributed by atoms with Crippen LogP contribution in [0.4, 0.5) is 4.79 Å². The van der Waals surface area contributed by atoms with Crippen LogP contribution in [0.1, 0.15) is 45.4 Å². The van der Waals surface area contributed by atoms with E-state index in [0.717, 1.165) is 25.9 Å². The zero-order chi connectivity index (χ0) is 15.5. The van der Waals surface area contributed by atoms with E-state index in [0.29, 0.717) is 17.9 Å². The SMILES string of the molecule is CCCN1CCC(NC(=O)NC2C3CCC(C3)C2CO)CC1. The van der Waals surface area contributed by atoms with Crippen LogP contribution in [0, 0.1) is 17.8 Å². The topological polar surface area (TPSA) is 64.6 Å². The number of nitrogens with zero attached hydrogens (tertiary/aromatic N) is 1. The van der Waals surface area contributed by atoms with E-state index >= 15 is 0 Å². The molecule has 4 atom stereocenters. The first-order valence-corrected chi connectivity index (χ1v) is 9.11. The Morgan fingerprint density at radius 3 is 2.55 bits per heavy atom. The first-order chi connectivity index (χ1) is 10.7. The Bertz CT molecular complexity index is 382. The standard InChI is InChI=1S/C17H31N3O2/c1-2-7-20-8-5-14(6-9-20)18-17(22)19-16-13-4-3-12(10-13)15(16)11-21/h12-16,21H,2-11H2,1H3,(H2,18,19,22). The molecule has 0 spiro atoms. The van der Waals surface area contributed by atoms with Gasteiger partial charge in [0.1, 0.15) is 0 Å². The van der Waals surface area contributed by atoms with E-state index in [4.69, 9.17) is 0 Å². The zero-order valence-electron chi connectivity index (χ0n) is 13.8. The predicted octanol–water partition coefficient (Wildman–Crippen LogP) is 1.57. The lowest BCUT2D eigenvalue weighted by molar-refractivity contribution is 0.142. The first-order valence-electron chi connectivity index (χ1n) is 9.11. The van der Waals surface area contributed by atoms with Crippen molar-refractivity contribution in [2.75, 3.05) is 26.2 Å². The summed E-state index contributed by atoms with van der Waals surface area (Å²) in [6, 6.07) is 0.466. The average Bonchev–Trinajstić information content (AvgIpc) is 3.10. The van der Waals surface area contributed by atoms with Gasteiger partial charge in [-0.1, -0.05) is 6.92 Å². The fourth-order valence-corrected chi connectivity index (χ4v) is 4.89. The normalized spacial score (nSPS) is 35.7. The number of carbonyl (C=O) groups excluding carboxylic acids is 1. The first kappa shape index (κ1) is 16.1. The lowest BCUT2D eigenvalue weighted by Gasteiger charge is -2.34. The summed E-state index contributed by atoms with van der Waals surface area (Å²) in [5, 5.41) is 15.9. The molecule has 1 heterocycles. The summed E-state index contributed by atoms with van der Waals surface area (Å²) >= 11 is 0. The molecule has 3 fully saturated rings. The number of nitrogens with one attached hydrogen (secondary N) is 2. The van der Waals surface area contributed by atoms with Crippen molar-refractivity contribution < 1.29 is 9.90 Å². The third-order valence-corrected chi connectivity index (χ3v) is 6.06. The Balaban J connectivity index is 1.43. The second kappa shape index (κ2) is 7.18. The Labute approximate surface area is 133 Å². The number of likely N-dealkylation sites (tertiary alicyclic amines) is 1. The van der Waals surface area contributed by atoms with Gasteiger partial charge in [0.25, 0.3) is 0 Å². The molecule has 3 N–H and O–H groups in total. The highest BCUT2D eigenvalue weighted by Crippen LogP contribution is 2.48. The van der Waals surface area contributed by atoms with Crippen LogP contribution >= 0.6 is 0 Å². The van der Waals surface area contributed by atoms with Crippen LogP contribution in [0.3, 0.4) is 0 Å². The molecule has 0 aromatic heterocycles. The molecule has 22 heavy (non-hydrogen) atoms. The highest BCUT2D eigenvalue weighted by Gasteiger charge is 2.47. The van der Waals surface area contributed by atoms with Crippen molar-refractivity contribution in [2.24, 2.45) is 17.8 Å². The van der Waals surface area contributed by atoms with Crippen LogP contribution in [-0.4, -0.2) is 54.4 Å². The minimum atomic E-state index is -0.0232. The van der Waals surface area contributed by atoms with E-state index in [1.807, 2.05) is 0 Å². The molecule has 2 saturated carbocycles. The van der Waals surface area contributed by atoms with E-state index < -0.39 is 0 Å². The van der Waals surface area contributed by atoms with E-state index in [9.17, 15) is 9.90 Å². The summed E-state index contributed by atoms with van der Waals surface area (Å²) in [4.78, 5) is 14.8. The molecule has 5 heteroatoms. The van der Waals surface area contributed by atoms with Gasteiger partial charge in [-0.3, -0.25) is 0 Å². The maximum atomic E-state index is 12.3. The maximum Gasteiger partial charge on any atom is 0.315 e. The molecule has 2 aliphatic carbocycles. The Morgan fingerprint density at radius 1 is 1.14 bits per heavy atom. The fourth-order valence-electron chi connectivity index (χ4n) is 4.89. The summed E-state index contributed by atoms with van der Waals surface area (Å²) in [5.74, 6) is 1.48. The second-order valence-corrected chi connectivity index (χ2v) is 7.44. The van der Waals surface area contributed by atoms with Crippen molar-refractivity contribution in [3.8, 4) is 0 Å². The van der Waals surface area contributed by atoms with Gasteiger partial charge in [0.05, 0.1) is 0 Å². The summed E-state index contributed by atoms with van der Waals surface area (Å²) in [7, 11) is 0.